The number of ether oxygens (including phenoxy) is 2. The maximum atomic E-state index is 14.8. The number of piperidine rings is 1. The lowest BCUT2D eigenvalue weighted by atomic mass is 9.88. The van der Waals surface area contributed by atoms with Crippen LogP contribution in [0.5, 0.6) is 11.5 Å². The standard InChI is InChI=1S/C32H31ClF4N6O3/c1-31(23-6-5-20(33)14-24(23)34)45-27-4-2-3-22(28(27)46-31)18-7-10-42(11-8-18)17-25-26(43-12-9-21(44)16-43)13-19(15-38-25)29-39-30(41-40-29)32(35,36)37/h2-6,13-15,18,21,44H,7-12,16-17H2,1H3,(H,39,40,41)/t21-,31-/m0/s1. The second kappa shape index (κ2) is 11.7. The highest BCUT2D eigenvalue weighted by Gasteiger charge is 2.43. The fourth-order valence-electron chi connectivity index (χ4n) is 6.53. The van der Waals surface area contributed by atoms with Crippen molar-refractivity contribution in [1.82, 2.24) is 25.1 Å². The van der Waals surface area contributed by atoms with E-state index >= 15 is 0 Å². The summed E-state index contributed by atoms with van der Waals surface area (Å²) >= 11 is 5.96. The number of fused-ring (bicyclic) bond motifs is 1. The maximum absolute atomic E-state index is 14.8. The molecular formula is C32H31ClF4N6O3. The number of halogens is 5. The molecule has 242 valence electrons. The van der Waals surface area contributed by atoms with Crippen LogP contribution in [0.1, 0.15) is 54.7 Å². The molecule has 0 spiro atoms. The average molecular weight is 659 g/mol. The topological polar surface area (TPSA) is 99.6 Å². The van der Waals surface area contributed by atoms with Gasteiger partial charge in [-0.25, -0.2) is 9.37 Å². The van der Waals surface area contributed by atoms with Gasteiger partial charge in [-0.1, -0.05) is 23.7 Å². The van der Waals surface area contributed by atoms with E-state index in [2.05, 4.69) is 20.0 Å². The molecule has 2 saturated heterocycles. The second-order valence-electron chi connectivity index (χ2n) is 12.1. The van der Waals surface area contributed by atoms with Gasteiger partial charge in [0.15, 0.2) is 17.3 Å². The van der Waals surface area contributed by atoms with E-state index in [-0.39, 0.29) is 17.3 Å². The van der Waals surface area contributed by atoms with Crippen molar-refractivity contribution in [3.05, 3.63) is 82.1 Å². The molecule has 2 fully saturated rings. The van der Waals surface area contributed by atoms with Crippen LogP contribution in [0.3, 0.4) is 0 Å². The molecule has 2 atom stereocenters. The molecule has 0 bridgehead atoms. The number of benzene rings is 2. The number of para-hydroxylation sites is 1. The number of β-amino-alcohol motifs (C(OH)–C–C–N with tert-alkyl or cyclic N) is 1. The lowest BCUT2D eigenvalue weighted by molar-refractivity contribution is -0.144. The minimum Gasteiger partial charge on any atom is -0.444 e. The summed E-state index contributed by atoms with van der Waals surface area (Å²) < 4.78 is 66.7. The van der Waals surface area contributed by atoms with Crippen molar-refractivity contribution >= 4 is 17.3 Å². The Morgan fingerprint density at radius 2 is 1.89 bits per heavy atom. The number of aromatic nitrogens is 4. The van der Waals surface area contributed by atoms with Gasteiger partial charge in [-0.2, -0.15) is 18.3 Å². The third-order valence-corrected chi connectivity index (χ3v) is 9.13. The number of H-pyrrole nitrogens is 1. The largest absolute Gasteiger partial charge is 0.451 e. The Bertz CT molecular complexity index is 1760. The van der Waals surface area contributed by atoms with E-state index in [0.29, 0.717) is 48.1 Å². The van der Waals surface area contributed by atoms with Crippen molar-refractivity contribution in [1.29, 1.82) is 0 Å². The Kier molecular flexibility index (Phi) is 7.81. The molecule has 4 aromatic rings. The van der Waals surface area contributed by atoms with Gasteiger partial charge in [0.25, 0.3) is 5.79 Å². The minimum absolute atomic E-state index is 0.0929. The van der Waals surface area contributed by atoms with Gasteiger partial charge in [-0.3, -0.25) is 15.0 Å². The minimum atomic E-state index is -4.64. The van der Waals surface area contributed by atoms with E-state index in [1.165, 1.54) is 12.3 Å². The lowest BCUT2D eigenvalue weighted by Gasteiger charge is -2.33. The molecular weight excluding hydrogens is 628 g/mol. The molecule has 5 heterocycles. The molecule has 0 unspecified atom stereocenters. The van der Waals surface area contributed by atoms with Crippen LogP contribution in [-0.4, -0.2) is 62.5 Å². The summed E-state index contributed by atoms with van der Waals surface area (Å²) in [6, 6.07) is 11.9. The van der Waals surface area contributed by atoms with Gasteiger partial charge in [0.1, 0.15) is 5.82 Å². The molecule has 0 amide bonds. The first-order chi connectivity index (χ1) is 22.0. The second-order valence-corrected chi connectivity index (χ2v) is 12.5. The fraction of sp³-hybridized carbons (Fsp3) is 0.406. The Morgan fingerprint density at radius 1 is 1.09 bits per heavy atom. The number of likely N-dealkylation sites (tertiary alicyclic amines) is 1. The van der Waals surface area contributed by atoms with Crippen LogP contribution in [0.2, 0.25) is 5.02 Å². The molecule has 0 radical (unpaired) electrons. The summed E-state index contributed by atoms with van der Waals surface area (Å²) in [4.78, 5) is 12.6. The summed E-state index contributed by atoms with van der Waals surface area (Å²) in [5.74, 6) is -1.73. The van der Waals surface area contributed by atoms with E-state index in [1.807, 2.05) is 28.2 Å². The van der Waals surface area contributed by atoms with Crippen LogP contribution < -0.4 is 14.4 Å². The fourth-order valence-corrected chi connectivity index (χ4v) is 6.69. The lowest BCUT2D eigenvalue weighted by Crippen LogP contribution is -2.34. The van der Waals surface area contributed by atoms with E-state index in [9.17, 15) is 22.7 Å². The van der Waals surface area contributed by atoms with Crippen molar-refractivity contribution in [3.63, 3.8) is 0 Å². The third-order valence-electron chi connectivity index (χ3n) is 8.90. The van der Waals surface area contributed by atoms with Crippen molar-refractivity contribution < 1.29 is 32.1 Å². The third kappa shape index (κ3) is 5.87. The molecule has 2 aromatic heterocycles. The number of alkyl halides is 3. The van der Waals surface area contributed by atoms with Crippen LogP contribution >= 0.6 is 11.6 Å². The van der Waals surface area contributed by atoms with Crippen LogP contribution in [0.25, 0.3) is 11.4 Å². The molecule has 9 nitrogen and oxygen atoms in total. The first-order valence-corrected chi connectivity index (χ1v) is 15.5. The van der Waals surface area contributed by atoms with Crippen LogP contribution in [-0.2, 0) is 18.5 Å². The number of aromatic amines is 1. The van der Waals surface area contributed by atoms with Crippen molar-refractivity contribution in [2.75, 3.05) is 31.1 Å². The highest BCUT2D eigenvalue weighted by molar-refractivity contribution is 6.30. The van der Waals surface area contributed by atoms with Gasteiger partial charge >= 0.3 is 6.18 Å². The van der Waals surface area contributed by atoms with Gasteiger partial charge in [0, 0.05) is 48.9 Å². The summed E-state index contributed by atoms with van der Waals surface area (Å²) in [5, 5.41) is 16.2. The molecule has 2 aromatic carbocycles. The number of anilines is 1. The quantitative estimate of drug-likeness (QED) is 0.234. The molecule has 7 rings (SSSR count). The average Bonchev–Trinajstić information content (AvgIpc) is 3.76. The number of nitrogens with one attached hydrogen (secondary N) is 1. The number of rotatable bonds is 6. The number of aliphatic hydroxyl groups is 1. The van der Waals surface area contributed by atoms with E-state index in [1.54, 1.807) is 25.1 Å². The molecule has 0 aliphatic carbocycles. The highest BCUT2D eigenvalue weighted by atomic mass is 35.5. The van der Waals surface area contributed by atoms with Crippen LogP contribution in [0.15, 0.2) is 48.7 Å². The predicted octanol–water partition coefficient (Wildman–Crippen LogP) is 6.27. The molecule has 3 aliphatic rings. The Morgan fingerprint density at radius 3 is 2.59 bits per heavy atom. The first-order valence-electron chi connectivity index (χ1n) is 15.1. The van der Waals surface area contributed by atoms with Crippen LogP contribution in [0.4, 0.5) is 23.2 Å². The van der Waals surface area contributed by atoms with Gasteiger partial charge in [0.2, 0.25) is 5.82 Å². The molecule has 14 heteroatoms. The molecule has 0 saturated carbocycles. The van der Waals surface area contributed by atoms with Gasteiger partial charge < -0.3 is 19.5 Å². The Labute approximate surface area is 267 Å². The predicted molar refractivity (Wildman–Crippen MR) is 161 cm³/mol. The van der Waals surface area contributed by atoms with E-state index in [0.717, 1.165) is 42.9 Å². The summed E-state index contributed by atoms with van der Waals surface area (Å²) in [7, 11) is 0. The smallest absolute Gasteiger partial charge is 0.444 e. The highest BCUT2D eigenvalue weighted by Crippen LogP contribution is 2.50. The Balaban J connectivity index is 1.07. The number of hydrogen-bond donors (Lipinski definition) is 2. The van der Waals surface area contributed by atoms with Crippen molar-refractivity contribution in [3.8, 4) is 22.9 Å². The van der Waals surface area contributed by atoms with E-state index in [4.69, 9.17) is 21.1 Å². The SMILES string of the molecule is C[C@]1(c2ccc(Cl)cc2F)Oc2cccc(C3CCN(Cc4ncc(-c5n[nH]c(C(F)(F)F)n5)cc4N4CC[C@H](O)C4)CC3)c2O1. The molecule has 3 aliphatic heterocycles. The number of aliphatic hydroxyl groups excluding tert-OH is 1. The monoisotopic (exact) mass is 658 g/mol. The van der Waals surface area contributed by atoms with Crippen LogP contribution in [0, 0.1) is 5.82 Å². The zero-order chi connectivity index (χ0) is 32.2. The number of nitrogens with zero attached hydrogens (tertiary/aromatic N) is 5. The summed E-state index contributed by atoms with van der Waals surface area (Å²) in [5.41, 5.74) is 3.14. The summed E-state index contributed by atoms with van der Waals surface area (Å²) in [6.07, 6.45) is -1.39. The molecule has 2 N–H and O–H groups in total. The maximum Gasteiger partial charge on any atom is 0.451 e. The number of hydrogen-bond acceptors (Lipinski definition) is 8. The van der Waals surface area contributed by atoms with E-state index < -0.39 is 29.7 Å². The first kappa shape index (κ1) is 30.7. The normalized spacial score (nSPS) is 22.2. The molecule has 46 heavy (non-hydrogen) atoms. The van der Waals surface area contributed by atoms with Crippen molar-refractivity contribution in [2.45, 2.75) is 56.7 Å². The Hall–Kier alpha value is -3.94. The zero-order valence-corrected chi connectivity index (χ0v) is 25.6. The van der Waals surface area contributed by atoms with Gasteiger partial charge in [0.05, 0.1) is 23.0 Å². The number of pyridine rings is 1. The van der Waals surface area contributed by atoms with Gasteiger partial charge in [-0.05, 0) is 68.6 Å². The zero-order valence-electron chi connectivity index (χ0n) is 24.8. The summed E-state index contributed by atoms with van der Waals surface area (Å²) in [6.45, 7) is 4.75. The van der Waals surface area contributed by atoms with Gasteiger partial charge in [-0.15, -0.1) is 0 Å². The van der Waals surface area contributed by atoms with Crippen molar-refractivity contribution in [2.24, 2.45) is 0 Å².